The van der Waals surface area contributed by atoms with Gasteiger partial charge in [0.05, 0.1) is 18.8 Å². The number of carboxylic acids is 1. The number of hydrogen-bond acceptors (Lipinski definition) is 4. The number of aliphatic carboxylic acids is 1. The van der Waals surface area contributed by atoms with Crippen LogP contribution in [0.25, 0.3) is 0 Å². The second kappa shape index (κ2) is 5.66. The zero-order valence-electron chi connectivity index (χ0n) is 8.97. The highest BCUT2D eigenvalue weighted by Gasteiger charge is 2.27. The van der Waals surface area contributed by atoms with Crippen molar-refractivity contribution in [3.63, 3.8) is 0 Å². The number of ether oxygens (including phenoxy) is 1. The first kappa shape index (κ1) is 12.7. The van der Waals surface area contributed by atoms with Gasteiger partial charge in [0.1, 0.15) is 0 Å². The largest absolute Gasteiger partial charge is 0.480 e. The summed E-state index contributed by atoms with van der Waals surface area (Å²) in [6.45, 7) is 1.77. The topological polar surface area (TPSA) is 108 Å². The van der Waals surface area contributed by atoms with Gasteiger partial charge in [0.25, 0.3) is 0 Å². The molecule has 0 bridgehead atoms. The molecule has 4 N–H and O–H groups in total. The van der Waals surface area contributed by atoms with Crippen molar-refractivity contribution in [2.24, 2.45) is 0 Å². The minimum absolute atomic E-state index is 0.0804. The summed E-state index contributed by atoms with van der Waals surface area (Å²) in [5, 5.41) is 22.1. The number of rotatable bonds is 4. The average Bonchev–Trinajstić information content (AvgIpc) is 2.60. The Morgan fingerprint density at radius 3 is 2.69 bits per heavy atom. The molecule has 0 saturated carbocycles. The molecule has 1 aliphatic rings. The average molecular weight is 232 g/mol. The summed E-state index contributed by atoms with van der Waals surface area (Å²) in [6, 6.07) is -2.01. The molecular weight excluding hydrogens is 216 g/mol. The summed E-state index contributed by atoms with van der Waals surface area (Å²) < 4.78 is 5.24. The molecule has 0 aromatic carbocycles. The third-order valence-corrected chi connectivity index (χ3v) is 2.48. The molecule has 0 radical (unpaired) electrons. The Kier molecular flexibility index (Phi) is 4.51. The van der Waals surface area contributed by atoms with Crippen molar-refractivity contribution in [1.29, 1.82) is 0 Å². The Labute approximate surface area is 92.8 Å². The summed E-state index contributed by atoms with van der Waals surface area (Å²) in [5.74, 6) is -1.27. The molecule has 1 rings (SSSR count). The van der Waals surface area contributed by atoms with Gasteiger partial charge in [-0.1, -0.05) is 0 Å². The second-order valence-corrected chi connectivity index (χ2v) is 3.66. The Hall–Kier alpha value is -1.34. The molecule has 92 valence electrons. The molecule has 1 heterocycles. The molecule has 1 aliphatic heterocycles. The Balaban J connectivity index is 2.37. The van der Waals surface area contributed by atoms with E-state index in [-0.39, 0.29) is 12.1 Å². The van der Waals surface area contributed by atoms with Gasteiger partial charge in [-0.25, -0.2) is 9.59 Å². The van der Waals surface area contributed by atoms with Gasteiger partial charge in [0.2, 0.25) is 0 Å². The minimum atomic E-state index is -1.28. The molecule has 0 aliphatic carbocycles. The number of carbonyl (C=O) groups excluding carboxylic acids is 1. The maximum Gasteiger partial charge on any atom is 0.328 e. The monoisotopic (exact) mass is 232 g/mol. The zero-order chi connectivity index (χ0) is 12.1. The van der Waals surface area contributed by atoms with E-state index in [0.717, 1.165) is 0 Å². The van der Waals surface area contributed by atoms with Crippen LogP contribution in [0.1, 0.15) is 13.3 Å². The van der Waals surface area contributed by atoms with Gasteiger partial charge in [0.15, 0.2) is 6.04 Å². The van der Waals surface area contributed by atoms with Crippen molar-refractivity contribution in [3.05, 3.63) is 0 Å². The number of aliphatic hydroxyl groups excluding tert-OH is 1. The molecule has 1 fully saturated rings. The Morgan fingerprint density at radius 2 is 2.25 bits per heavy atom. The maximum atomic E-state index is 11.4. The predicted molar refractivity (Wildman–Crippen MR) is 54.0 cm³/mol. The number of urea groups is 1. The lowest BCUT2D eigenvalue weighted by Crippen LogP contribution is -2.51. The van der Waals surface area contributed by atoms with E-state index in [1.807, 2.05) is 6.92 Å². The number of aliphatic hydroxyl groups is 1. The highest BCUT2D eigenvalue weighted by Crippen LogP contribution is 2.12. The summed E-state index contributed by atoms with van der Waals surface area (Å²) in [5.41, 5.74) is 0. The first-order valence-electron chi connectivity index (χ1n) is 5.07. The van der Waals surface area contributed by atoms with E-state index < -0.39 is 24.6 Å². The number of nitrogens with one attached hydrogen (secondary N) is 2. The molecule has 3 unspecified atom stereocenters. The number of hydrogen-bond donors (Lipinski definition) is 4. The van der Waals surface area contributed by atoms with E-state index in [1.54, 1.807) is 0 Å². The van der Waals surface area contributed by atoms with Crippen LogP contribution < -0.4 is 10.6 Å². The molecule has 0 aromatic rings. The van der Waals surface area contributed by atoms with Gasteiger partial charge in [-0.05, 0) is 13.3 Å². The zero-order valence-corrected chi connectivity index (χ0v) is 8.97. The van der Waals surface area contributed by atoms with Crippen LogP contribution in [0.2, 0.25) is 0 Å². The molecule has 0 aromatic heterocycles. The van der Waals surface area contributed by atoms with Crippen LogP contribution in [-0.4, -0.2) is 53.6 Å². The quantitative estimate of drug-likeness (QED) is 0.492. The van der Waals surface area contributed by atoms with E-state index in [2.05, 4.69) is 10.6 Å². The van der Waals surface area contributed by atoms with Crippen LogP contribution in [0.5, 0.6) is 0 Å². The third kappa shape index (κ3) is 3.35. The van der Waals surface area contributed by atoms with Crippen molar-refractivity contribution >= 4 is 12.0 Å². The van der Waals surface area contributed by atoms with Gasteiger partial charge in [0, 0.05) is 6.61 Å². The molecule has 7 nitrogen and oxygen atoms in total. The van der Waals surface area contributed by atoms with E-state index in [9.17, 15) is 9.59 Å². The lowest BCUT2D eigenvalue weighted by molar-refractivity contribution is -0.140. The fraction of sp³-hybridized carbons (Fsp3) is 0.778. The molecule has 2 amide bonds. The van der Waals surface area contributed by atoms with Crippen LogP contribution in [-0.2, 0) is 9.53 Å². The summed E-state index contributed by atoms with van der Waals surface area (Å²) in [4.78, 5) is 21.9. The highest BCUT2D eigenvalue weighted by atomic mass is 16.5. The van der Waals surface area contributed by atoms with E-state index in [4.69, 9.17) is 14.9 Å². The van der Waals surface area contributed by atoms with Crippen molar-refractivity contribution < 1.29 is 24.5 Å². The summed E-state index contributed by atoms with van der Waals surface area (Å²) >= 11 is 0. The maximum absolute atomic E-state index is 11.4. The molecule has 3 atom stereocenters. The number of amides is 2. The van der Waals surface area contributed by atoms with Crippen LogP contribution >= 0.6 is 0 Å². The fourth-order valence-electron chi connectivity index (χ4n) is 1.48. The summed E-state index contributed by atoms with van der Waals surface area (Å²) in [7, 11) is 0. The molecular formula is C9H16N2O5. The first-order valence-corrected chi connectivity index (χ1v) is 5.07. The van der Waals surface area contributed by atoms with Crippen LogP contribution in [0.3, 0.4) is 0 Å². The second-order valence-electron chi connectivity index (χ2n) is 3.66. The van der Waals surface area contributed by atoms with E-state index >= 15 is 0 Å². The van der Waals surface area contributed by atoms with Crippen LogP contribution in [0.15, 0.2) is 0 Å². The van der Waals surface area contributed by atoms with Gasteiger partial charge >= 0.3 is 12.0 Å². The van der Waals surface area contributed by atoms with Gasteiger partial charge in [-0.3, -0.25) is 0 Å². The smallest absolute Gasteiger partial charge is 0.328 e. The highest BCUT2D eigenvalue weighted by molar-refractivity contribution is 5.82. The van der Waals surface area contributed by atoms with E-state index in [0.29, 0.717) is 13.0 Å². The first-order chi connectivity index (χ1) is 7.54. The SMILES string of the molecule is CC1OCCC1NC(=O)NC(CO)C(=O)O. The summed E-state index contributed by atoms with van der Waals surface area (Å²) in [6.07, 6.45) is 0.619. The van der Waals surface area contributed by atoms with Crippen molar-refractivity contribution in [1.82, 2.24) is 10.6 Å². The minimum Gasteiger partial charge on any atom is -0.480 e. The number of carbonyl (C=O) groups is 2. The van der Waals surface area contributed by atoms with Crippen molar-refractivity contribution in [2.75, 3.05) is 13.2 Å². The normalized spacial score (nSPS) is 26.1. The number of carboxylic acid groups (broad SMARTS) is 1. The van der Waals surface area contributed by atoms with Gasteiger partial charge < -0.3 is 25.6 Å². The third-order valence-electron chi connectivity index (χ3n) is 2.48. The molecule has 7 heteroatoms. The Bertz CT molecular complexity index is 271. The lowest BCUT2D eigenvalue weighted by atomic mass is 10.2. The van der Waals surface area contributed by atoms with Crippen molar-refractivity contribution in [3.8, 4) is 0 Å². The lowest BCUT2D eigenvalue weighted by Gasteiger charge is -2.18. The molecule has 16 heavy (non-hydrogen) atoms. The fourth-order valence-corrected chi connectivity index (χ4v) is 1.48. The van der Waals surface area contributed by atoms with Crippen LogP contribution in [0, 0.1) is 0 Å². The standard InChI is InChI=1S/C9H16N2O5/c1-5-6(2-3-16-5)10-9(15)11-7(4-12)8(13)14/h5-7,12H,2-4H2,1H3,(H,13,14)(H2,10,11,15). The van der Waals surface area contributed by atoms with Crippen LogP contribution in [0.4, 0.5) is 4.79 Å². The Morgan fingerprint density at radius 1 is 1.56 bits per heavy atom. The van der Waals surface area contributed by atoms with Gasteiger partial charge in [-0.2, -0.15) is 0 Å². The van der Waals surface area contributed by atoms with Crippen molar-refractivity contribution in [2.45, 2.75) is 31.5 Å². The predicted octanol–water partition coefficient (Wildman–Crippen LogP) is -1.09. The van der Waals surface area contributed by atoms with E-state index in [1.165, 1.54) is 0 Å². The molecule has 1 saturated heterocycles. The molecule has 0 spiro atoms. The van der Waals surface area contributed by atoms with Gasteiger partial charge in [-0.15, -0.1) is 0 Å².